The van der Waals surface area contributed by atoms with Crippen LogP contribution < -0.4 is 5.32 Å². The van der Waals surface area contributed by atoms with Gasteiger partial charge in [0.05, 0.1) is 6.04 Å². The summed E-state index contributed by atoms with van der Waals surface area (Å²) in [5.41, 5.74) is 0.208. The van der Waals surface area contributed by atoms with Gasteiger partial charge in [-0.1, -0.05) is 13.3 Å². The first kappa shape index (κ1) is 11.7. The second-order valence-electron chi connectivity index (χ2n) is 4.37. The summed E-state index contributed by atoms with van der Waals surface area (Å²) in [5, 5.41) is 6.81. The van der Waals surface area contributed by atoms with Crippen LogP contribution in [0.1, 0.15) is 51.6 Å². The van der Waals surface area contributed by atoms with Gasteiger partial charge in [-0.3, -0.25) is 0 Å². The maximum absolute atomic E-state index is 4.32. The molecule has 0 saturated carbocycles. The summed E-state index contributed by atoms with van der Waals surface area (Å²) in [6, 6.07) is 0.358. The first-order chi connectivity index (χ1) is 6.55. The third-order valence-corrected chi connectivity index (χ3v) is 3.26. The van der Waals surface area contributed by atoms with Crippen molar-refractivity contribution in [3.63, 3.8) is 0 Å². The molecule has 0 fully saturated rings. The van der Waals surface area contributed by atoms with Crippen LogP contribution in [0.3, 0.4) is 0 Å². The molecular weight excluding hydrogens is 192 g/mol. The van der Waals surface area contributed by atoms with Crippen molar-refractivity contribution in [2.45, 2.75) is 52.1 Å². The van der Waals surface area contributed by atoms with Crippen LogP contribution in [0.2, 0.25) is 0 Å². The Bertz CT molecular complexity index is 254. The molecule has 1 atom stereocenters. The maximum atomic E-state index is 4.32. The van der Waals surface area contributed by atoms with Crippen LogP contribution in [-0.4, -0.2) is 10.5 Å². The van der Waals surface area contributed by atoms with Gasteiger partial charge in [-0.15, -0.1) is 11.3 Å². The number of nitrogens with one attached hydrogen (secondary N) is 1. The van der Waals surface area contributed by atoms with Gasteiger partial charge in [0, 0.05) is 17.1 Å². The molecule has 3 heteroatoms. The quantitative estimate of drug-likeness (QED) is 0.809. The highest BCUT2D eigenvalue weighted by molar-refractivity contribution is 7.09. The predicted octanol–water partition coefficient (Wildman–Crippen LogP) is 3.37. The summed E-state index contributed by atoms with van der Waals surface area (Å²) >= 11 is 1.72. The molecule has 0 aliphatic carbocycles. The normalized spacial score (nSPS) is 14.3. The second-order valence-corrected chi connectivity index (χ2v) is 5.30. The van der Waals surface area contributed by atoms with Gasteiger partial charge in [0.1, 0.15) is 5.01 Å². The van der Waals surface area contributed by atoms with Crippen molar-refractivity contribution < 1.29 is 0 Å². The van der Waals surface area contributed by atoms with Crippen molar-refractivity contribution in [1.82, 2.24) is 10.3 Å². The van der Waals surface area contributed by atoms with Crippen LogP contribution in [0.5, 0.6) is 0 Å². The molecule has 0 spiro atoms. The molecular formula is C11H20N2S. The Morgan fingerprint density at radius 3 is 2.79 bits per heavy atom. The Labute approximate surface area is 90.8 Å². The van der Waals surface area contributed by atoms with E-state index in [-0.39, 0.29) is 5.54 Å². The van der Waals surface area contributed by atoms with E-state index >= 15 is 0 Å². The number of hydrogen-bond acceptors (Lipinski definition) is 3. The van der Waals surface area contributed by atoms with Gasteiger partial charge in [-0.25, -0.2) is 4.98 Å². The van der Waals surface area contributed by atoms with Crippen LogP contribution in [0.25, 0.3) is 0 Å². The summed E-state index contributed by atoms with van der Waals surface area (Å²) in [7, 11) is 0. The molecule has 0 radical (unpaired) electrons. The van der Waals surface area contributed by atoms with Crippen LogP contribution in [-0.2, 0) is 0 Å². The Hall–Kier alpha value is -0.410. The number of hydrogen-bond donors (Lipinski definition) is 1. The summed E-state index contributed by atoms with van der Waals surface area (Å²) in [6.45, 7) is 8.90. The Kier molecular flexibility index (Phi) is 4.08. The molecule has 2 nitrogen and oxygen atoms in total. The highest BCUT2D eigenvalue weighted by Gasteiger charge is 2.20. The van der Waals surface area contributed by atoms with E-state index < -0.39 is 0 Å². The van der Waals surface area contributed by atoms with Crippen molar-refractivity contribution >= 4 is 11.3 Å². The topological polar surface area (TPSA) is 24.9 Å². The molecule has 0 aliphatic rings. The van der Waals surface area contributed by atoms with E-state index in [4.69, 9.17) is 0 Å². The number of thiazole rings is 1. The van der Waals surface area contributed by atoms with E-state index in [1.165, 1.54) is 17.8 Å². The molecule has 0 amide bonds. The first-order valence-corrected chi connectivity index (χ1v) is 6.10. The molecule has 1 aromatic heterocycles. The molecule has 0 unspecified atom stereocenters. The largest absolute Gasteiger partial charge is 0.303 e. The molecule has 80 valence electrons. The lowest BCUT2D eigenvalue weighted by Crippen LogP contribution is -2.40. The molecule has 0 aromatic carbocycles. The van der Waals surface area contributed by atoms with Gasteiger partial charge >= 0.3 is 0 Å². The molecule has 0 bridgehead atoms. The summed E-state index contributed by atoms with van der Waals surface area (Å²) in [4.78, 5) is 4.32. The van der Waals surface area contributed by atoms with Crippen LogP contribution >= 0.6 is 11.3 Å². The van der Waals surface area contributed by atoms with Gasteiger partial charge in [0.25, 0.3) is 0 Å². The van der Waals surface area contributed by atoms with Crippen LogP contribution in [0.4, 0.5) is 0 Å². The molecule has 1 heterocycles. The van der Waals surface area contributed by atoms with E-state index in [0.717, 1.165) is 0 Å². The molecule has 1 N–H and O–H groups in total. The smallest absolute Gasteiger partial charge is 0.109 e. The van der Waals surface area contributed by atoms with Crippen molar-refractivity contribution in [2.24, 2.45) is 0 Å². The number of nitrogens with zero attached hydrogens (tertiary/aromatic N) is 1. The lowest BCUT2D eigenvalue weighted by Gasteiger charge is -2.29. The Balaban J connectivity index is 2.52. The molecule has 1 aromatic rings. The van der Waals surface area contributed by atoms with E-state index in [2.05, 4.69) is 38.0 Å². The third-order valence-electron chi connectivity index (χ3n) is 2.30. The summed E-state index contributed by atoms with van der Waals surface area (Å²) in [6.07, 6.45) is 4.28. The average Bonchev–Trinajstić information content (AvgIpc) is 2.53. The molecule has 0 aliphatic heterocycles. The van der Waals surface area contributed by atoms with Crippen molar-refractivity contribution in [3.05, 3.63) is 16.6 Å². The van der Waals surface area contributed by atoms with Gasteiger partial charge in [-0.05, 0) is 27.2 Å². The van der Waals surface area contributed by atoms with E-state index in [1.54, 1.807) is 11.3 Å². The Morgan fingerprint density at radius 2 is 2.29 bits per heavy atom. The van der Waals surface area contributed by atoms with Crippen molar-refractivity contribution in [3.8, 4) is 0 Å². The second kappa shape index (κ2) is 4.89. The van der Waals surface area contributed by atoms with Crippen LogP contribution in [0, 0.1) is 0 Å². The third kappa shape index (κ3) is 3.39. The lowest BCUT2D eigenvalue weighted by molar-refractivity contribution is 0.323. The Morgan fingerprint density at radius 1 is 1.57 bits per heavy atom. The fourth-order valence-electron chi connectivity index (χ4n) is 1.79. The lowest BCUT2D eigenvalue weighted by atomic mass is 9.98. The minimum atomic E-state index is 0.208. The highest BCUT2D eigenvalue weighted by Crippen LogP contribution is 2.20. The summed E-state index contributed by atoms with van der Waals surface area (Å²) in [5.74, 6) is 0. The van der Waals surface area contributed by atoms with Gasteiger partial charge < -0.3 is 5.32 Å². The van der Waals surface area contributed by atoms with E-state index in [1.807, 2.05) is 11.6 Å². The fraction of sp³-hybridized carbons (Fsp3) is 0.727. The summed E-state index contributed by atoms with van der Waals surface area (Å²) < 4.78 is 0. The van der Waals surface area contributed by atoms with Gasteiger partial charge in [0.2, 0.25) is 0 Å². The van der Waals surface area contributed by atoms with Gasteiger partial charge in [-0.2, -0.15) is 0 Å². The fourth-order valence-corrected chi connectivity index (χ4v) is 2.44. The molecule has 14 heavy (non-hydrogen) atoms. The number of aromatic nitrogens is 1. The minimum Gasteiger partial charge on any atom is -0.303 e. The first-order valence-electron chi connectivity index (χ1n) is 5.22. The van der Waals surface area contributed by atoms with Crippen molar-refractivity contribution in [2.75, 3.05) is 0 Å². The average molecular weight is 212 g/mol. The SMILES string of the molecule is CCCC(C)(C)N[C@H](C)c1nccs1. The van der Waals surface area contributed by atoms with Gasteiger partial charge in [0.15, 0.2) is 0 Å². The zero-order valence-electron chi connectivity index (χ0n) is 9.50. The van der Waals surface area contributed by atoms with Crippen LogP contribution in [0.15, 0.2) is 11.6 Å². The van der Waals surface area contributed by atoms with E-state index in [0.29, 0.717) is 6.04 Å². The minimum absolute atomic E-state index is 0.208. The zero-order chi connectivity index (χ0) is 10.6. The predicted molar refractivity (Wildman–Crippen MR) is 62.7 cm³/mol. The monoisotopic (exact) mass is 212 g/mol. The molecule has 0 saturated heterocycles. The van der Waals surface area contributed by atoms with Crippen molar-refractivity contribution in [1.29, 1.82) is 0 Å². The highest BCUT2D eigenvalue weighted by atomic mass is 32.1. The van der Waals surface area contributed by atoms with E-state index in [9.17, 15) is 0 Å². The maximum Gasteiger partial charge on any atom is 0.109 e. The zero-order valence-corrected chi connectivity index (χ0v) is 10.3. The standard InChI is InChI=1S/C11H20N2S/c1-5-6-11(3,4)13-9(2)10-12-7-8-14-10/h7-9,13H,5-6H2,1-4H3/t9-/m1/s1. The molecule has 1 rings (SSSR count). The number of rotatable bonds is 5.